The Labute approximate surface area is 142 Å². The Morgan fingerprint density at radius 1 is 1.38 bits per heavy atom. The molecule has 24 heavy (non-hydrogen) atoms. The average Bonchev–Trinajstić information content (AvgIpc) is 2.99. The number of amides is 1. The molecule has 4 nitrogen and oxygen atoms in total. The summed E-state index contributed by atoms with van der Waals surface area (Å²) in [5, 5.41) is 0.0797. The van der Waals surface area contributed by atoms with Crippen LogP contribution in [0, 0.1) is 5.92 Å². The van der Waals surface area contributed by atoms with Gasteiger partial charge in [0, 0.05) is 13.0 Å². The molecule has 0 radical (unpaired) electrons. The molecule has 1 aromatic heterocycles. The van der Waals surface area contributed by atoms with Gasteiger partial charge in [-0.1, -0.05) is 13.3 Å². The van der Waals surface area contributed by atoms with E-state index in [4.69, 9.17) is 11.6 Å². The lowest BCUT2D eigenvalue weighted by Crippen LogP contribution is -2.28. The van der Waals surface area contributed by atoms with Crippen molar-refractivity contribution in [3.63, 3.8) is 0 Å². The van der Waals surface area contributed by atoms with Gasteiger partial charge in [-0.05, 0) is 42.1 Å². The Bertz CT molecular complexity index is 772. The molecule has 0 aliphatic carbocycles. The van der Waals surface area contributed by atoms with Gasteiger partial charge in [0.05, 0.1) is 16.6 Å². The highest BCUT2D eigenvalue weighted by Crippen LogP contribution is 2.33. The first kappa shape index (κ1) is 17.1. The molecule has 1 aromatic carbocycles. The van der Waals surface area contributed by atoms with Crippen LogP contribution in [0.4, 0.5) is 13.2 Å². The summed E-state index contributed by atoms with van der Waals surface area (Å²) >= 11 is 6.09. The minimum absolute atomic E-state index is 0.00153. The van der Waals surface area contributed by atoms with Crippen LogP contribution in [0.1, 0.15) is 31.7 Å². The lowest BCUT2D eigenvalue weighted by atomic mass is 10.0. The van der Waals surface area contributed by atoms with Crippen LogP contribution in [0.15, 0.2) is 18.2 Å². The number of rotatable bonds is 4. The summed E-state index contributed by atoms with van der Waals surface area (Å²) in [6, 6.07) is 3.30. The van der Waals surface area contributed by atoms with Gasteiger partial charge in [0.25, 0.3) is 0 Å². The highest BCUT2D eigenvalue weighted by Gasteiger charge is 2.32. The highest BCUT2D eigenvalue weighted by atomic mass is 35.5. The largest absolute Gasteiger partial charge is 0.416 e. The standard InChI is InChI=1S/C16H17ClF3N3O/c1-2-3-10-6-14(24)22(8-10)9-23-13-7-11(16(18,19)20)4-5-12(13)21-15(23)17/h4-5,7,10H,2-3,6,8-9H2,1H3. The second kappa shape index (κ2) is 6.27. The summed E-state index contributed by atoms with van der Waals surface area (Å²) in [4.78, 5) is 17.8. The number of carbonyl (C=O) groups is 1. The Morgan fingerprint density at radius 2 is 2.12 bits per heavy atom. The molecular formula is C16H17ClF3N3O. The first-order chi connectivity index (χ1) is 11.3. The normalized spacial score (nSPS) is 18.8. The van der Waals surface area contributed by atoms with E-state index in [0.29, 0.717) is 24.4 Å². The Hall–Kier alpha value is -1.76. The van der Waals surface area contributed by atoms with Crippen molar-refractivity contribution in [1.29, 1.82) is 0 Å². The molecule has 1 saturated heterocycles. The van der Waals surface area contributed by atoms with Crippen LogP contribution in [0.25, 0.3) is 11.0 Å². The maximum Gasteiger partial charge on any atom is 0.416 e. The molecule has 130 valence electrons. The third-order valence-corrected chi connectivity index (χ3v) is 4.62. The van der Waals surface area contributed by atoms with E-state index in [1.807, 2.05) is 0 Å². The van der Waals surface area contributed by atoms with Crippen LogP contribution in [-0.2, 0) is 17.6 Å². The van der Waals surface area contributed by atoms with Crippen molar-refractivity contribution >= 4 is 28.5 Å². The molecule has 2 heterocycles. The number of imidazole rings is 1. The highest BCUT2D eigenvalue weighted by molar-refractivity contribution is 6.29. The quantitative estimate of drug-likeness (QED) is 0.815. The van der Waals surface area contributed by atoms with Crippen LogP contribution < -0.4 is 0 Å². The molecule has 3 rings (SSSR count). The molecule has 8 heteroatoms. The van der Waals surface area contributed by atoms with Gasteiger partial charge in [-0.25, -0.2) is 4.98 Å². The summed E-state index contributed by atoms with van der Waals surface area (Å²) in [5.74, 6) is 0.292. The zero-order valence-electron chi connectivity index (χ0n) is 13.1. The predicted octanol–water partition coefficient (Wildman–Crippen LogP) is 4.31. The van der Waals surface area contributed by atoms with Crippen molar-refractivity contribution < 1.29 is 18.0 Å². The predicted molar refractivity (Wildman–Crippen MR) is 84.5 cm³/mol. The number of nitrogens with zero attached hydrogens (tertiary/aromatic N) is 3. The molecule has 1 aliphatic heterocycles. The van der Waals surface area contributed by atoms with Gasteiger partial charge < -0.3 is 4.90 Å². The Kier molecular flexibility index (Phi) is 4.46. The van der Waals surface area contributed by atoms with Crippen LogP contribution in [-0.4, -0.2) is 26.9 Å². The Balaban J connectivity index is 1.91. The van der Waals surface area contributed by atoms with E-state index in [0.717, 1.165) is 25.0 Å². The SMILES string of the molecule is CCCC1CC(=O)N(Cn2c(Cl)nc3ccc(C(F)(F)F)cc32)C1. The molecule has 0 N–H and O–H groups in total. The fourth-order valence-electron chi connectivity index (χ4n) is 3.17. The lowest BCUT2D eigenvalue weighted by molar-refractivity contribution is -0.137. The number of hydrogen-bond donors (Lipinski definition) is 0. The topological polar surface area (TPSA) is 38.1 Å². The molecular weight excluding hydrogens is 343 g/mol. The third kappa shape index (κ3) is 3.22. The van der Waals surface area contributed by atoms with Gasteiger partial charge in [0.15, 0.2) is 0 Å². The van der Waals surface area contributed by atoms with Crippen molar-refractivity contribution in [1.82, 2.24) is 14.5 Å². The number of likely N-dealkylation sites (tertiary alicyclic amines) is 1. The first-order valence-corrected chi connectivity index (χ1v) is 8.18. The summed E-state index contributed by atoms with van der Waals surface area (Å²) in [6.45, 7) is 2.78. The molecule has 2 aromatic rings. The van der Waals surface area contributed by atoms with Crippen molar-refractivity contribution in [3.05, 3.63) is 29.0 Å². The number of halogens is 4. The van der Waals surface area contributed by atoms with Crippen LogP contribution in [0.2, 0.25) is 5.28 Å². The lowest BCUT2D eigenvalue weighted by Gasteiger charge is -2.18. The van der Waals surface area contributed by atoms with Gasteiger partial charge in [-0.3, -0.25) is 9.36 Å². The van der Waals surface area contributed by atoms with E-state index in [9.17, 15) is 18.0 Å². The van der Waals surface area contributed by atoms with E-state index in [-0.39, 0.29) is 23.4 Å². The van der Waals surface area contributed by atoms with Gasteiger partial charge in [-0.15, -0.1) is 0 Å². The van der Waals surface area contributed by atoms with Gasteiger partial charge >= 0.3 is 6.18 Å². The molecule has 1 unspecified atom stereocenters. The van der Waals surface area contributed by atoms with Crippen LogP contribution in [0.3, 0.4) is 0 Å². The first-order valence-electron chi connectivity index (χ1n) is 7.80. The van der Waals surface area contributed by atoms with Crippen molar-refractivity contribution in [2.75, 3.05) is 6.54 Å². The van der Waals surface area contributed by atoms with Crippen LogP contribution >= 0.6 is 11.6 Å². The van der Waals surface area contributed by atoms with E-state index in [1.54, 1.807) is 4.90 Å². The van der Waals surface area contributed by atoms with E-state index < -0.39 is 11.7 Å². The molecule has 0 bridgehead atoms. The molecule has 0 spiro atoms. The monoisotopic (exact) mass is 359 g/mol. The summed E-state index contributed by atoms with van der Waals surface area (Å²) in [6.07, 6.45) is -2.01. The summed E-state index contributed by atoms with van der Waals surface area (Å²) in [5.41, 5.74) is -0.101. The summed E-state index contributed by atoms with van der Waals surface area (Å²) in [7, 11) is 0. The second-order valence-corrected chi connectivity index (χ2v) is 6.46. The zero-order chi connectivity index (χ0) is 17.5. The number of benzene rings is 1. The number of carbonyl (C=O) groups excluding carboxylic acids is 1. The average molecular weight is 360 g/mol. The van der Waals surface area contributed by atoms with E-state index in [1.165, 1.54) is 10.6 Å². The summed E-state index contributed by atoms with van der Waals surface area (Å²) < 4.78 is 40.2. The second-order valence-electron chi connectivity index (χ2n) is 6.13. The Morgan fingerprint density at radius 3 is 2.79 bits per heavy atom. The van der Waals surface area contributed by atoms with Crippen molar-refractivity contribution in [3.8, 4) is 0 Å². The smallest absolute Gasteiger partial charge is 0.324 e. The van der Waals surface area contributed by atoms with E-state index in [2.05, 4.69) is 11.9 Å². The fourth-order valence-corrected chi connectivity index (χ4v) is 3.40. The van der Waals surface area contributed by atoms with Crippen LogP contribution in [0.5, 0.6) is 0 Å². The van der Waals surface area contributed by atoms with Crippen molar-refractivity contribution in [2.24, 2.45) is 5.92 Å². The molecule has 1 atom stereocenters. The molecule has 1 fully saturated rings. The minimum atomic E-state index is -4.44. The zero-order valence-corrected chi connectivity index (χ0v) is 13.9. The van der Waals surface area contributed by atoms with Gasteiger partial charge in [-0.2, -0.15) is 13.2 Å². The molecule has 0 saturated carbocycles. The molecule has 1 amide bonds. The number of alkyl halides is 3. The van der Waals surface area contributed by atoms with E-state index >= 15 is 0 Å². The maximum absolute atomic E-state index is 12.9. The third-order valence-electron chi connectivity index (χ3n) is 4.33. The molecule has 1 aliphatic rings. The maximum atomic E-state index is 12.9. The van der Waals surface area contributed by atoms with Crippen molar-refractivity contribution in [2.45, 2.75) is 39.0 Å². The number of fused-ring (bicyclic) bond motifs is 1. The van der Waals surface area contributed by atoms with Gasteiger partial charge in [0.2, 0.25) is 11.2 Å². The number of aromatic nitrogens is 2. The number of hydrogen-bond acceptors (Lipinski definition) is 2. The minimum Gasteiger partial charge on any atom is -0.324 e. The van der Waals surface area contributed by atoms with Gasteiger partial charge in [0.1, 0.15) is 6.67 Å². The fraction of sp³-hybridized carbons (Fsp3) is 0.500.